The Morgan fingerprint density at radius 1 is 0.167 bits per heavy atom. The molecule has 0 spiro atoms. The predicted molar refractivity (Wildman–Crippen MR) is 522 cm³/mol. The van der Waals surface area contributed by atoms with Gasteiger partial charge >= 0.3 is 0 Å². The zero-order valence-corrected chi connectivity index (χ0v) is 80.6. The van der Waals surface area contributed by atoms with E-state index in [1.54, 1.807) is 142 Å². The fraction of sp³-hybridized carbons (Fsp3) is 0.357. The molecule has 4 atom stereocenters. The van der Waals surface area contributed by atoms with Crippen LogP contribution < -0.4 is 94.7 Å². The molecule has 0 radical (unpaired) electrons. The van der Waals surface area contributed by atoms with E-state index in [9.17, 15) is 0 Å². The molecule has 0 unspecified atom stereocenters. The van der Waals surface area contributed by atoms with Crippen molar-refractivity contribution in [2.75, 3.05) is 142 Å². The molecule has 700 valence electrons. The van der Waals surface area contributed by atoms with E-state index in [2.05, 4.69) is 146 Å². The zero-order chi connectivity index (χ0) is 94.0. The van der Waals surface area contributed by atoms with Gasteiger partial charge in [-0.05, 0) is 337 Å². The second-order valence-corrected chi connectivity index (χ2v) is 32.6. The molecule has 132 heavy (non-hydrogen) atoms. The highest BCUT2D eigenvalue weighted by Gasteiger charge is 2.30. The topological polar surface area (TPSA) is 185 Å². The summed E-state index contributed by atoms with van der Waals surface area (Å²) in [4.78, 5) is 0. The summed E-state index contributed by atoms with van der Waals surface area (Å²) in [6.45, 7) is 0. The van der Waals surface area contributed by atoms with Crippen LogP contribution >= 0.6 is 0 Å². The van der Waals surface area contributed by atoms with Gasteiger partial charge in [0.25, 0.3) is 0 Å². The summed E-state index contributed by atoms with van der Waals surface area (Å²) in [6, 6.07) is 76.7. The van der Waals surface area contributed by atoms with Crippen molar-refractivity contribution in [2.45, 2.75) is 115 Å². The second kappa shape index (κ2) is 50.2. The molecule has 0 aliphatic heterocycles. The highest BCUT2D eigenvalue weighted by atomic mass is 16.6. The highest BCUT2D eigenvalue weighted by Crippen LogP contribution is 2.46. The molecular formula is C112H132O20. The smallest absolute Gasteiger partial charge is 0.203 e. The lowest BCUT2D eigenvalue weighted by Crippen LogP contribution is -2.20. The monoisotopic (exact) mass is 1800 g/mol. The standard InChI is InChI=1S/2C56H66O10/c2*1-57-46-15-11-13-37(28-46)17-26-45(27-38-18-22-42(49(30-38)59-3)24-20-40-32-51(61-5)55(65-9)52(33-40)62-6)48(44-14-12-16-47(36-44)58-2)29-39-19-23-43(50(31-39)60-4)25-21-41-34-53(63-7)56(66-10)54(35-41)64-8/h2*11-16,18-19,22-23,28,30-36,45,48H,17,20-21,24-27,29H2,1-10H3/t2*45-,48+/m10/s1. The minimum atomic E-state index is 0.131. The average Bonchev–Trinajstić information content (AvgIpc) is 0.784. The summed E-state index contributed by atoms with van der Waals surface area (Å²) in [5.74, 6) is 15.0. The van der Waals surface area contributed by atoms with Crippen molar-refractivity contribution < 1.29 is 94.7 Å². The third kappa shape index (κ3) is 26.1. The Kier molecular flexibility index (Phi) is 37.7. The molecule has 0 saturated carbocycles. The number of hydrogen-bond donors (Lipinski definition) is 0. The Morgan fingerprint density at radius 3 is 0.614 bits per heavy atom. The molecular weight excluding hydrogens is 1670 g/mol. The second-order valence-electron chi connectivity index (χ2n) is 32.6. The van der Waals surface area contributed by atoms with E-state index in [4.69, 9.17) is 94.7 Å². The largest absolute Gasteiger partial charge is 0.497 e. The van der Waals surface area contributed by atoms with Crippen LogP contribution in [0.2, 0.25) is 0 Å². The maximum absolute atomic E-state index is 6.09. The molecule has 0 aliphatic rings. The van der Waals surface area contributed by atoms with E-state index in [0.717, 1.165) is 193 Å². The Labute approximate surface area is 781 Å². The SMILES string of the molecule is COc1cccc(CC[C@@H](Cc2ccc(CCc3cc(OC)c(OC)c(OC)c3)c(OC)c2)[C@H](Cc2ccc(CCc3cc(OC)c(OC)c(OC)c3)c(OC)c2)c2cccc(OC)c2)c1.COc1cccc(CC[C@H](Cc2ccc(CCc3cc(OC)c(OC)c(OC)c3)c(OC)c2)[C@@H](Cc2ccc(CCc3cc(OC)c(OC)c(OC)c3)c(OC)c2)c2cccc(OC)c2)c1. The molecule has 0 fully saturated rings. The van der Waals surface area contributed by atoms with Crippen LogP contribution in [0.5, 0.6) is 115 Å². The Morgan fingerprint density at radius 2 is 0.386 bits per heavy atom. The fourth-order valence-electron chi connectivity index (χ4n) is 17.9. The first-order valence-electron chi connectivity index (χ1n) is 44.7. The quantitative estimate of drug-likeness (QED) is 0.0350. The first kappa shape index (κ1) is 99.2. The van der Waals surface area contributed by atoms with E-state index in [1.807, 2.05) is 72.8 Å². The summed E-state index contributed by atoms with van der Waals surface area (Å²) < 4.78 is 115. The van der Waals surface area contributed by atoms with E-state index in [0.29, 0.717) is 69.0 Å². The maximum Gasteiger partial charge on any atom is 0.203 e. The van der Waals surface area contributed by atoms with E-state index >= 15 is 0 Å². The minimum absolute atomic E-state index is 0.131. The number of rotatable bonds is 50. The summed E-state index contributed by atoms with van der Waals surface area (Å²) in [6.07, 6.45) is 13.0. The van der Waals surface area contributed by atoms with Crippen LogP contribution in [0, 0.1) is 11.8 Å². The normalized spacial score (nSPS) is 11.8. The summed E-state index contributed by atoms with van der Waals surface area (Å²) in [5.41, 5.74) is 18.6. The van der Waals surface area contributed by atoms with Crippen LogP contribution in [0.1, 0.15) is 114 Å². The molecule has 20 heteroatoms. The summed E-state index contributed by atoms with van der Waals surface area (Å²) in [5, 5.41) is 0. The maximum atomic E-state index is 6.09. The van der Waals surface area contributed by atoms with Gasteiger partial charge in [0.1, 0.15) is 46.0 Å². The van der Waals surface area contributed by atoms with Crippen LogP contribution in [0.4, 0.5) is 0 Å². The molecule has 0 aromatic heterocycles. The van der Waals surface area contributed by atoms with Crippen LogP contribution in [0.3, 0.4) is 0 Å². The summed E-state index contributed by atoms with van der Waals surface area (Å²) in [7, 11) is 33.5. The van der Waals surface area contributed by atoms with Crippen LogP contribution in [0.15, 0.2) is 218 Å². The third-order valence-electron chi connectivity index (χ3n) is 25.0. The van der Waals surface area contributed by atoms with Gasteiger partial charge < -0.3 is 94.7 Å². The van der Waals surface area contributed by atoms with Gasteiger partial charge in [-0.3, -0.25) is 0 Å². The van der Waals surface area contributed by atoms with Crippen LogP contribution in [-0.2, 0) is 89.9 Å². The van der Waals surface area contributed by atoms with Gasteiger partial charge in [-0.1, -0.05) is 97.1 Å². The number of methoxy groups -OCH3 is 20. The number of hydrogen-bond acceptors (Lipinski definition) is 20. The average molecular weight is 1800 g/mol. The summed E-state index contributed by atoms with van der Waals surface area (Å²) >= 11 is 0. The van der Waals surface area contributed by atoms with Crippen molar-refractivity contribution in [3.05, 3.63) is 307 Å². The van der Waals surface area contributed by atoms with Crippen molar-refractivity contribution in [3.63, 3.8) is 0 Å². The van der Waals surface area contributed by atoms with E-state index in [1.165, 1.54) is 44.5 Å². The van der Waals surface area contributed by atoms with Gasteiger partial charge in [0.15, 0.2) is 46.0 Å². The van der Waals surface area contributed by atoms with E-state index in [-0.39, 0.29) is 23.7 Å². The third-order valence-corrected chi connectivity index (χ3v) is 25.0. The molecule has 0 heterocycles. The van der Waals surface area contributed by atoms with Gasteiger partial charge in [0, 0.05) is 0 Å². The van der Waals surface area contributed by atoms with Crippen molar-refractivity contribution >= 4 is 0 Å². The van der Waals surface area contributed by atoms with Gasteiger partial charge in [-0.25, -0.2) is 0 Å². The van der Waals surface area contributed by atoms with Crippen LogP contribution in [-0.4, -0.2) is 142 Å². The lowest BCUT2D eigenvalue weighted by molar-refractivity contribution is 0.323. The molecule has 20 nitrogen and oxygen atoms in total. The lowest BCUT2D eigenvalue weighted by Gasteiger charge is -2.29. The molecule has 12 rings (SSSR count). The van der Waals surface area contributed by atoms with Crippen molar-refractivity contribution in [3.8, 4) is 115 Å². The number of benzene rings is 12. The molecule has 0 saturated heterocycles. The molecule has 12 aromatic rings. The Hall–Kier alpha value is -13.4. The molecule has 0 N–H and O–H groups in total. The first-order valence-corrected chi connectivity index (χ1v) is 44.7. The van der Waals surface area contributed by atoms with E-state index < -0.39 is 0 Å². The highest BCUT2D eigenvalue weighted by molar-refractivity contribution is 5.58. The van der Waals surface area contributed by atoms with Crippen molar-refractivity contribution in [1.82, 2.24) is 0 Å². The molecule has 12 aromatic carbocycles. The molecule has 0 aliphatic carbocycles. The molecule has 0 amide bonds. The molecule has 0 bridgehead atoms. The fourth-order valence-corrected chi connectivity index (χ4v) is 17.9. The van der Waals surface area contributed by atoms with Gasteiger partial charge in [0.05, 0.1) is 142 Å². The van der Waals surface area contributed by atoms with Crippen molar-refractivity contribution in [2.24, 2.45) is 11.8 Å². The first-order chi connectivity index (χ1) is 64.4. The Balaban J connectivity index is 0.000000255. The zero-order valence-electron chi connectivity index (χ0n) is 80.6. The van der Waals surface area contributed by atoms with Crippen LogP contribution in [0.25, 0.3) is 0 Å². The van der Waals surface area contributed by atoms with Gasteiger partial charge in [-0.2, -0.15) is 0 Å². The number of ether oxygens (including phenoxy) is 20. The van der Waals surface area contributed by atoms with Gasteiger partial charge in [-0.15, -0.1) is 0 Å². The minimum Gasteiger partial charge on any atom is -0.497 e. The number of aryl methyl sites for hydroxylation is 10. The van der Waals surface area contributed by atoms with Crippen molar-refractivity contribution in [1.29, 1.82) is 0 Å². The van der Waals surface area contributed by atoms with Gasteiger partial charge in [0.2, 0.25) is 23.0 Å². The predicted octanol–water partition coefficient (Wildman–Crippen LogP) is 22.3. The lowest BCUT2D eigenvalue weighted by atomic mass is 9.75. The Bertz CT molecular complexity index is 5240.